The number of hydrogen-bond acceptors (Lipinski definition) is 4. The number of benzene rings is 1. The Morgan fingerprint density at radius 1 is 1.24 bits per heavy atom. The number of ether oxygens (including phenoxy) is 1. The minimum Gasteiger partial charge on any atom is -0.384 e. The van der Waals surface area contributed by atoms with Crippen LogP contribution in [0.5, 0.6) is 0 Å². The molecule has 108 valence electrons. The van der Waals surface area contributed by atoms with Crippen LogP contribution in [0.3, 0.4) is 0 Å². The number of nitrogens with zero attached hydrogens (tertiary/aromatic N) is 4. The summed E-state index contributed by atoms with van der Waals surface area (Å²) in [5.74, 6) is 0.598. The fraction of sp³-hybridized carbons (Fsp3) is 0.200. The Labute approximate surface area is 122 Å². The van der Waals surface area contributed by atoms with Crippen molar-refractivity contribution in [2.24, 2.45) is 0 Å². The molecule has 0 spiro atoms. The van der Waals surface area contributed by atoms with Gasteiger partial charge in [0.05, 0.1) is 30.7 Å². The van der Waals surface area contributed by atoms with Crippen LogP contribution in [-0.4, -0.2) is 33.3 Å². The molecule has 0 aliphatic carbocycles. The van der Waals surface area contributed by atoms with E-state index in [4.69, 9.17) is 10.5 Å². The molecule has 2 N–H and O–H groups in total. The van der Waals surface area contributed by atoms with E-state index in [1.165, 1.54) is 0 Å². The first kappa shape index (κ1) is 13.4. The summed E-state index contributed by atoms with van der Waals surface area (Å²) in [6, 6.07) is 11.7. The van der Waals surface area contributed by atoms with Gasteiger partial charge in [0.15, 0.2) is 0 Å². The van der Waals surface area contributed by atoms with E-state index in [0.29, 0.717) is 19.0 Å². The number of nitrogens with two attached hydrogens (primary N) is 1. The van der Waals surface area contributed by atoms with E-state index in [1.807, 2.05) is 47.3 Å². The lowest BCUT2D eigenvalue weighted by Crippen LogP contribution is -2.03. The summed E-state index contributed by atoms with van der Waals surface area (Å²) in [5, 5.41) is 8.84. The summed E-state index contributed by atoms with van der Waals surface area (Å²) < 4.78 is 8.60. The number of rotatable bonds is 5. The second-order valence-electron chi connectivity index (χ2n) is 4.69. The molecule has 6 nitrogen and oxygen atoms in total. The monoisotopic (exact) mass is 283 g/mol. The average molecular weight is 283 g/mol. The molecule has 0 radical (unpaired) electrons. The number of hydrogen-bond donors (Lipinski definition) is 1. The third-order valence-corrected chi connectivity index (χ3v) is 3.19. The van der Waals surface area contributed by atoms with Crippen LogP contribution in [0.1, 0.15) is 0 Å². The standard InChI is InChI=1S/C15H17N5O/c1-21-8-7-19-11-12(10-17-19)14-9-15(16)20(18-14)13-5-3-2-4-6-13/h2-6,9-11H,7-8,16H2,1H3. The highest BCUT2D eigenvalue weighted by Gasteiger charge is 2.10. The van der Waals surface area contributed by atoms with Crippen molar-refractivity contribution in [1.82, 2.24) is 19.6 Å². The van der Waals surface area contributed by atoms with E-state index in [2.05, 4.69) is 10.2 Å². The van der Waals surface area contributed by atoms with Gasteiger partial charge in [-0.15, -0.1) is 0 Å². The van der Waals surface area contributed by atoms with Crippen LogP contribution in [-0.2, 0) is 11.3 Å². The molecule has 21 heavy (non-hydrogen) atoms. The number of nitrogen functional groups attached to an aromatic ring is 1. The molecule has 0 bridgehead atoms. The van der Waals surface area contributed by atoms with Gasteiger partial charge < -0.3 is 10.5 Å². The zero-order valence-electron chi connectivity index (χ0n) is 11.8. The number of para-hydroxylation sites is 1. The van der Waals surface area contributed by atoms with Crippen LogP contribution in [0.4, 0.5) is 5.82 Å². The number of anilines is 1. The molecule has 0 atom stereocenters. The van der Waals surface area contributed by atoms with E-state index < -0.39 is 0 Å². The van der Waals surface area contributed by atoms with Gasteiger partial charge >= 0.3 is 0 Å². The zero-order valence-corrected chi connectivity index (χ0v) is 11.8. The van der Waals surface area contributed by atoms with Crippen molar-refractivity contribution in [3.8, 4) is 16.9 Å². The van der Waals surface area contributed by atoms with Crippen molar-refractivity contribution < 1.29 is 4.74 Å². The third-order valence-electron chi connectivity index (χ3n) is 3.19. The van der Waals surface area contributed by atoms with Gasteiger partial charge in [-0.1, -0.05) is 18.2 Å². The smallest absolute Gasteiger partial charge is 0.127 e. The fourth-order valence-corrected chi connectivity index (χ4v) is 2.12. The quantitative estimate of drug-likeness (QED) is 0.777. The molecule has 3 rings (SSSR count). The first-order valence-corrected chi connectivity index (χ1v) is 6.70. The Bertz CT molecular complexity index is 717. The summed E-state index contributed by atoms with van der Waals surface area (Å²) in [4.78, 5) is 0. The summed E-state index contributed by atoms with van der Waals surface area (Å²) in [6.45, 7) is 1.34. The first-order valence-electron chi connectivity index (χ1n) is 6.70. The molecule has 0 saturated heterocycles. The van der Waals surface area contributed by atoms with Crippen LogP contribution >= 0.6 is 0 Å². The van der Waals surface area contributed by atoms with Crippen molar-refractivity contribution in [3.63, 3.8) is 0 Å². The van der Waals surface area contributed by atoms with Gasteiger partial charge in [0, 0.05) is 24.9 Å². The summed E-state index contributed by atoms with van der Waals surface area (Å²) in [5.41, 5.74) is 8.73. The van der Waals surface area contributed by atoms with Crippen LogP contribution in [0, 0.1) is 0 Å². The summed E-state index contributed by atoms with van der Waals surface area (Å²) >= 11 is 0. The molecule has 1 aromatic carbocycles. The largest absolute Gasteiger partial charge is 0.384 e. The molecule has 0 saturated carbocycles. The lowest BCUT2D eigenvalue weighted by molar-refractivity contribution is 0.183. The molecule has 3 aromatic rings. The number of methoxy groups -OCH3 is 1. The minimum atomic E-state index is 0.598. The molecule has 0 unspecified atom stereocenters. The van der Waals surface area contributed by atoms with E-state index in [1.54, 1.807) is 18.0 Å². The summed E-state index contributed by atoms with van der Waals surface area (Å²) in [6.07, 6.45) is 3.73. The van der Waals surface area contributed by atoms with E-state index in [9.17, 15) is 0 Å². The second kappa shape index (κ2) is 5.80. The predicted molar refractivity (Wildman–Crippen MR) is 81.1 cm³/mol. The van der Waals surface area contributed by atoms with Crippen LogP contribution < -0.4 is 5.73 Å². The van der Waals surface area contributed by atoms with E-state index >= 15 is 0 Å². The first-order chi connectivity index (χ1) is 10.3. The van der Waals surface area contributed by atoms with Gasteiger partial charge in [0.25, 0.3) is 0 Å². The normalized spacial score (nSPS) is 10.9. The Kier molecular flexibility index (Phi) is 3.70. The molecule has 2 aromatic heterocycles. The lowest BCUT2D eigenvalue weighted by atomic mass is 10.2. The van der Waals surface area contributed by atoms with Crippen LogP contribution in [0.2, 0.25) is 0 Å². The SMILES string of the molecule is COCCn1cc(-c2cc(N)n(-c3ccccc3)n2)cn1. The lowest BCUT2D eigenvalue weighted by Gasteiger charge is -2.02. The second-order valence-corrected chi connectivity index (χ2v) is 4.69. The van der Waals surface area contributed by atoms with Gasteiger partial charge in [-0.3, -0.25) is 4.68 Å². The van der Waals surface area contributed by atoms with Crippen molar-refractivity contribution in [1.29, 1.82) is 0 Å². The maximum Gasteiger partial charge on any atom is 0.127 e. The molecule has 6 heteroatoms. The summed E-state index contributed by atoms with van der Waals surface area (Å²) in [7, 11) is 1.67. The molecule has 0 aliphatic rings. The Morgan fingerprint density at radius 3 is 2.81 bits per heavy atom. The van der Waals surface area contributed by atoms with Gasteiger partial charge in [-0.05, 0) is 12.1 Å². The average Bonchev–Trinajstić information content (AvgIpc) is 3.12. The van der Waals surface area contributed by atoms with Gasteiger partial charge in [-0.2, -0.15) is 10.2 Å². The Morgan fingerprint density at radius 2 is 2.05 bits per heavy atom. The Hall–Kier alpha value is -2.60. The highest BCUT2D eigenvalue weighted by Crippen LogP contribution is 2.22. The highest BCUT2D eigenvalue weighted by molar-refractivity contribution is 5.62. The van der Waals surface area contributed by atoms with E-state index in [-0.39, 0.29) is 0 Å². The van der Waals surface area contributed by atoms with Gasteiger partial charge in [0.1, 0.15) is 5.82 Å². The Balaban J connectivity index is 1.88. The van der Waals surface area contributed by atoms with Crippen molar-refractivity contribution in [2.45, 2.75) is 6.54 Å². The minimum absolute atomic E-state index is 0.598. The molecule has 2 heterocycles. The van der Waals surface area contributed by atoms with Crippen LogP contribution in [0.25, 0.3) is 16.9 Å². The zero-order chi connectivity index (χ0) is 14.7. The fourth-order valence-electron chi connectivity index (χ4n) is 2.12. The third kappa shape index (κ3) is 2.80. The van der Waals surface area contributed by atoms with Gasteiger partial charge in [-0.25, -0.2) is 4.68 Å². The molecule has 0 fully saturated rings. The highest BCUT2D eigenvalue weighted by atomic mass is 16.5. The van der Waals surface area contributed by atoms with Crippen molar-refractivity contribution in [3.05, 3.63) is 48.8 Å². The van der Waals surface area contributed by atoms with Crippen molar-refractivity contribution >= 4 is 5.82 Å². The molecular weight excluding hydrogens is 266 g/mol. The maximum absolute atomic E-state index is 6.05. The molecule has 0 amide bonds. The van der Waals surface area contributed by atoms with Gasteiger partial charge in [0.2, 0.25) is 0 Å². The van der Waals surface area contributed by atoms with Crippen molar-refractivity contribution in [2.75, 3.05) is 19.5 Å². The van der Waals surface area contributed by atoms with Crippen LogP contribution in [0.15, 0.2) is 48.8 Å². The van der Waals surface area contributed by atoms with E-state index in [0.717, 1.165) is 16.9 Å². The topological polar surface area (TPSA) is 70.9 Å². The number of aromatic nitrogens is 4. The predicted octanol–water partition coefficient (Wildman–Crippen LogP) is 1.96. The maximum atomic E-state index is 6.05. The molecular formula is C15H17N5O. The molecule has 0 aliphatic heterocycles.